The summed E-state index contributed by atoms with van der Waals surface area (Å²) in [5.74, 6) is 1.95. The molecule has 0 spiro atoms. The average molecular weight is 471 g/mol. The molecule has 0 aliphatic carbocycles. The lowest BCUT2D eigenvalue weighted by atomic mass is 10.3. The first-order valence-electron chi connectivity index (χ1n) is 8.76. The van der Waals surface area contributed by atoms with Crippen molar-refractivity contribution in [2.45, 2.75) is 20.3 Å². The Labute approximate surface area is 170 Å². The van der Waals surface area contributed by atoms with Crippen LogP contribution in [0.3, 0.4) is 0 Å². The first-order valence-corrected chi connectivity index (χ1v) is 8.76. The summed E-state index contributed by atoms with van der Waals surface area (Å²) in [4.78, 5) is 20.3. The van der Waals surface area contributed by atoms with Crippen molar-refractivity contribution in [3.8, 4) is 0 Å². The fraction of sp³-hybridized carbons (Fsp3) is 0.529. The van der Waals surface area contributed by atoms with E-state index >= 15 is 0 Å². The van der Waals surface area contributed by atoms with Crippen molar-refractivity contribution in [2.24, 2.45) is 4.99 Å². The topological polar surface area (TPSA) is 78.1 Å². The van der Waals surface area contributed by atoms with Crippen molar-refractivity contribution in [1.29, 1.82) is 0 Å². The molecule has 2 aromatic rings. The van der Waals surface area contributed by atoms with E-state index in [0.29, 0.717) is 6.54 Å². The molecule has 1 saturated heterocycles. The number of piperazine rings is 1. The molecule has 0 saturated carbocycles. The van der Waals surface area contributed by atoms with E-state index in [1.54, 1.807) is 6.92 Å². The van der Waals surface area contributed by atoms with Gasteiger partial charge in [-0.3, -0.25) is 14.2 Å². The Balaban J connectivity index is 0.00000243. The minimum Gasteiger partial charge on any atom is -0.357 e. The number of hydrogen-bond acceptors (Lipinski definition) is 4. The lowest BCUT2D eigenvalue weighted by Crippen LogP contribution is -2.53. The Morgan fingerprint density at radius 1 is 1.19 bits per heavy atom. The number of rotatable bonds is 4. The van der Waals surface area contributed by atoms with E-state index < -0.39 is 0 Å². The molecular formula is C17H26IN7O. The zero-order chi connectivity index (χ0) is 17.6. The Morgan fingerprint density at radius 3 is 2.62 bits per heavy atom. The Bertz CT molecular complexity index is 752. The van der Waals surface area contributed by atoms with Crippen molar-refractivity contribution in [1.82, 2.24) is 29.7 Å². The van der Waals surface area contributed by atoms with Gasteiger partial charge in [0.1, 0.15) is 5.82 Å². The van der Waals surface area contributed by atoms with Gasteiger partial charge in [-0.15, -0.1) is 34.2 Å². The minimum absolute atomic E-state index is 0. The van der Waals surface area contributed by atoms with Gasteiger partial charge in [0.15, 0.2) is 11.6 Å². The third-order valence-corrected chi connectivity index (χ3v) is 4.34. The van der Waals surface area contributed by atoms with E-state index in [-0.39, 0.29) is 29.9 Å². The Hall–Kier alpha value is -1.91. The molecule has 8 nitrogen and oxygen atoms in total. The summed E-state index contributed by atoms with van der Waals surface area (Å²) in [5.41, 5.74) is 0.855. The quantitative estimate of drug-likeness (QED) is 0.410. The molecule has 3 heterocycles. The van der Waals surface area contributed by atoms with Crippen molar-refractivity contribution >= 4 is 41.5 Å². The van der Waals surface area contributed by atoms with Gasteiger partial charge in [0, 0.05) is 58.8 Å². The second kappa shape index (κ2) is 9.70. The zero-order valence-electron chi connectivity index (χ0n) is 15.3. The van der Waals surface area contributed by atoms with Crippen LogP contribution in [0.25, 0.3) is 5.65 Å². The summed E-state index contributed by atoms with van der Waals surface area (Å²) in [5, 5.41) is 11.8. The molecule has 0 atom stereocenters. The number of aliphatic imine (C=N–C) groups is 1. The molecule has 1 aliphatic heterocycles. The van der Waals surface area contributed by atoms with Crippen LogP contribution in [-0.4, -0.2) is 75.5 Å². The number of amides is 1. The number of hydrogen-bond donors (Lipinski definition) is 1. The average Bonchev–Trinajstić information content (AvgIpc) is 3.04. The molecule has 0 aromatic carbocycles. The third kappa shape index (κ3) is 4.83. The van der Waals surface area contributed by atoms with Crippen LogP contribution in [0.1, 0.15) is 19.7 Å². The van der Waals surface area contributed by atoms with E-state index in [1.807, 2.05) is 33.7 Å². The van der Waals surface area contributed by atoms with Crippen molar-refractivity contribution in [2.75, 3.05) is 39.3 Å². The molecule has 1 amide bonds. The maximum atomic E-state index is 11.5. The maximum absolute atomic E-state index is 11.5. The summed E-state index contributed by atoms with van der Waals surface area (Å²) in [6, 6.07) is 5.87. The standard InChI is InChI=1S/C17H25N7O.HI/c1-3-18-17(23-12-10-22(11-13-23)14(2)25)19-8-7-16-21-20-15-6-4-5-9-24(15)16;/h4-6,9H,3,7-8,10-13H2,1-2H3,(H,18,19);1H. The predicted molar refractivity (Wildman–Crippen MR) is 112 cm³/mol. The molecule has 1 N–H and O–H groups in total. The number of halogens is 1. The highest BCUT2D eigenvalue weighted by Crippen LogP contribution is 2.05. The van der Waals surface area contributed by atoms with Crippen LogP contribution in [-0.2, 0) is 11.2 Å². The first kappa shape index (κ1) is 20.4. The molecule has 0 radical (unpaired) electrons. The van der Waals surface area contributed by atoms with Gasteiger partial charge < -0.3 is 15.1 Å². The Morgan fingerprint density at radius 2 is 1.92 bits per heavy atom. The van der Waals surface area contributed by atoms with Crippen LogP contribution >= 0.6 is 24.0 Å². The molecule has 3 rings (SSSR count). The number of nitrogens with zero attached hydrogens (tertiary/aromatic N) is 6. The second-order valence-electron chi connectivity index (χ2n) is 6.02. The molecule has 26 heavy (non-hydrogen) atoms. The molecule has 9 heteroatoms. The number of carbonyl (C=O) groups excluding carboxylic acids is 1. The van der Waals surface area contributed by atoms with Crippen LogP contribution in [0.15, 0.2) is 29.4 Å². The van der Waals surface area contributed by atoms with Crippen LogP contribution < -0.4 is 5.32 Å². The zero-order valence-corrected chi connectivity index (χ0v) is 17.6. The minimum atomic E-state index is 0. The fourth-order valence-electron chi connectivity index (χ4n) is 2.98. The van der Waals surface area contributed by atoms with Gasteiger partial charge in [-0.25, -0.2) is 0 Å². The van der Waals surface area contributed by atoms with Crippen LogP contribution in [0.5, 0.6) is 0 Å². The first-order chi connectivity index (χ1) is 12.2. The monoisotopic (exact) mass is 471 g/mol. The molecule has 1 aliphatic rings. The molecule has 1 fully saturated rings. The number of guanidine groups is 1. The van der Waals surface area contributed by atoms with Gasteiger partial charge in [0.25, 0.3) is 0 Å². The van der Waals surface area contributed by atoms with Crippen molar-refractivity contribution < 1.29 is 4.79 Å². The summed E-state index contributed by atoms with van der Waals surface area (Å²) >= 11 is 0. The van der Waals surface area contributed by atoms with Crippen LogP contribution in [0.2, 0.25) is 0 Å². The number of aromatic nitrogens is 3. The number of pyridine rings is 1. The highest BCUT2D eigenvalue weighted by atomic mass is 127. The van der Waals surface area contributed by atoms with Gasteiger partial charge in [0.05, 0.1) is 0 Å². The maximum Gasteiger partial charge on any atom is 0.219 e. The lowest BCUT2D eigenvalue weighted by Gasteiger charge is -2.36. The van der Waals surface area contributed by atoms with Gasteiger partial charge in [-0.2, -0.15) is 0 Å². The fourth-order valence-corrected chi connectivity index (χ4v) is 2.98. The highest BCUT2D eigenvalue weighted by Gasteiger charge is 2.20. The lowest BCUT2D eigenvalue weighted by molar-refractivity contribution is -0.130. The van der Waals surface area contributed by atoms with E-state index in [1.165, 1.54) is 0 Å². The second-order valence-corrected chi connectivity index (χ2v) is 6.02. The van der Waals surface area contributed by atoms with E-state index in [9.17, 15) is 4.79 Å². The van der Waals surface area contributed by atoms with Crippen molar-refractivity contribution in [3.05, 3.63) is 30.2 Å². The van der Waals surface area contributed by atoms with E-state index in [2.05, 4.69) is 27.3 Å². The SMILES string of the molecule is CCNC(=NCCc1nnc2ccccn12)N1CCN(C(C)=O)CC1.I. The van der Waals surface area contributed by atoms with Gasteiger partial charge in [-0.05, 0) is 19.1 Å². The smallest absolute Gasteiger partial charge is 0.219 e. The van der Waals surface area contributed by atoms with Crippen LogP contribution in [0.4, 0.5) is 0 Å². The Kier molecular flexibility index (Phi) is 7.61. The third-order valence-electron chi connectivity index (χ3n) is 4.34. The molecule has 0 bridgehead atoms. The van der Waals surface area contributed by atoms with Gasteiger partial charge in [-0.1, -0.05) is 6.07 Å². The van der Waals surface area contributed by atoms with Crippen LogP contribution in [0, 0.1) is 0 Å². The molecular weight excluding hydrogens is 445 g/mol. The largest absolute Gasteiger partial charge is 0.357 e. The van der Waals surface area contributed by atoms with Gasteiger partial charge >= 0.3 is 0 Å². The summed E-state index contributed by atoms with van der Waals surface area (Å²) in [6.07, 6.45) is 2.70. The molecule has 2 aromatic heterocycles. The normalized spacial score (nSPS) is 15.1. The molecule has 142 valence electrons. The number of nitrogens with one attached hydrogen (secondary N) is 1. The predicted octanol–water partition coefficient (Wildman–Crippen LogP) is 1.02. The number of carbonyl (C=O) groups is 1. The molecule has 0 unspecified atom stereocenters. The van der Waals surface area contributed by atoms with E-state index in [4.69, 9.17) is 4.99 Å². The summed E-state index contributed by atoms with van der Waals surface area (Å²) in [7, 11) is 0. The van der Waals surface area contributed by atoms with E-state index in [0.717, 1.165) is 56.6 Å². The number of fused-ring (bicyclic) bond motifs is 1. The summed E-state index contributed by atoms with van der Waals surface area (Å²) in [6.45, 7) is 8.25. The van der Waals surface area contributed by atoms with Gasteiger partial charge in [0.2, 0.25) is 5.91 Å². The van der Waals surface area contributed by atoms with Crippen molar-refractivity contribution in [3.63, 3.8) is 0 Å². The summed E-state index contributed by atoms with van der Waals surface area (Å²) < 4.78 is 1.99. The highest BCUT2D eigenvalue weighted by molar-refractivity contribution is 14.0.